The van der Waals surface area contributed by atoms with Crippen LogP contribution in [0.3, 0.4) is 0 Å². The molecule has 1 saturated carbocycles. The van der Waals surface area contributed by atoms with Gasteiger partial charge in [-0.3, -0.25) is 0 Å². The van der Waals surface area contributed by atoms with Crippen LogP contribution in [-0.4, -0.2) is 12.4 Å². The fourth-order valence-corrected chi connectivity index (χ4v) is 1.94. The van der Waals surface area contributed by atoms with E-state index in [-0.39, 0.29) is 0 Å². The van der Waals surface area contributed by atoms with Crippen molar-refractivity contribution in [2.45, 2.75) is 51.0 Å². The Bertz CT molecular complexity index is 128. The van der Waals surface area contributed by atoms with Crippen LogP contribution in [0.1, 0.15) is 44.9 Å². The predicted molar refractivity (Wildman–Crippen MR) is 45.7 cm³/mol. The maximum Gasteiger partial charge on any atom is 0.106 e. The molecule has 2 heteroatoms. The Morgan fingerprint density at radius 2 is 2.00 bits per heavy atom. The summed E-state index contributed by atoms with van der Waals surface area (Å²) in [6, 6.07) is 0. The van der Waals surface area contributed by atoms with E-state index in [2.05, 4.69) is 0 Å². The van der Waals surface area contributed by atoms with Gasteiger partial charge in [0.15, 0.2) is 0 Å². The van der Waals surface area contributed by atoms with E-state index >= 15 is 0 Å². The van der Waals surface area contributed by atoms with Crippen LogP contribution in [-0.2, 0) is 4.79 Å². The first-order chi connectivity index (χ1) is 5.83. The van der Waals surface area contributed by atoms with Gasteiger partial charge in [0.1, 0.15) is 6.29 Å². The lowest BCUT2D eigenvalue weighted by Gasteiger charge is -2.24. The molecule has 1 atom stereocenters. The second kappa shape index (κ2) is 5.31. The zero-order chi connectivity index (χ0) is 8.81. The number of carbonyl (C=O) groups is 1. The molecule has 0 bridgehead atoms. The molecule has 0 aromatic carbocycles. The summed E-state index contributed by atoms with van der Waals surface area (Å²) in [5.41, 5.74) is 0. The van der Waals surface area contributed by atoms with Crippen molar-refractivity contribution in [1.29, 1.82) is 0 Å². The molecule has 70 valence electrons. The topological polar surface area (TPSA) is 40.1 Å². The minimum absolute atomic E-state index is 0.531. The first-order valence-corrected chi connectivity index (χ1v) is 4.94. The summed E-state index contributed by atoms with van der Waals surface area (Å²) >= 11 is 0. The molecular formula is C10H17O2-. The molecule has 1 rings (SSSR count). The van der Waals surface area contributed by atoms with Gasteiger partial charge in [-0.1, -0.05) is 51.0 Å². The Balaban J connectivity index is 2.08. The van der Waals surface area contributed by atoms with Gasteiger partial charge in [0.05, 0.1) is 0 Å². The maximum atomic E-state index is 10.8. The van der Waals surface area contributed by atoms with Crippen molar-refractivity contribution >= 4 is 6.29 Å². The summed E-state index contributed by atoms with van der Waals surface area (Å²) in [6.45, 7) is 0. The highest BCUT2D eigenvalue weighted by molar-refractivity contribution is 5.54. The summed E-state index contributed by atoms with van der Waals surface area (Å²) in [7, 11) is 0. The van der Waals surface area contributed by atoms with Gasteiger partial charge in [0.2, 0.25) is 0 Å². The minimum Gasteiger partial charge on any atom is -0.847 e. The van der Waals surface area contributed by atoms with Gasteiger partial charge in [-0.25, -0.2) is 0 Å². The van der Waals surface area contributed by atoms with E-state index in [0.717, 1.165) is 12.3 Å². The van der Waals surface area contributed by atoms with Gasteiger partial charge in [-0.05, 0) is 5.92 Å². The molecule has 0 heterocycles. The summed E-state index contributed by atoms with van der Waals surface area (Å²) < 4.78 is 0. The van der Waals surface area contributed by atoms with Crippen molar-refractivity contribution in [2.24, 2.45) is 5.92 Å². The molecule has 1 aliphatic carbocycles. The van der Waals surface area contributed by atoms with Crippen molar-refractivity contribution in [3.05, 3.63) is 0 Å². The third kappa shape index (κ3) is 3.35. The third-order valence-electron chi connectivity index (χ3n) is 2.74. The van der Waals surface area contributed by atoms with Gasteiger partial charge in [0.25, 0.3) is 0 Å². The van der Waals surface area contributed by atoms with Gasteiger partial charge in [-0.2, -0.15) is 0 Å². The first kappa shape index (κ1) is 9.72. The lowest BCUT2D eigenvalue weighted by molar-refractivity contribution is -0.401. The Morgan fingerprint density at radius 3 is 2.58 bits per heavy atom. The number of aldehydes is 1. The fraction of sp³-hybridized carbons (Fsp3) is 0.900. The van der Waals surface area contributed by atoms with Crippen molar-refractivity contribution < 1.29 is 9.90 Å². The number of carbonyl (C=O) groups excluding carboxylic acids is 1. The fourth-order valence-electron chi connectivity index (χ4n) is 1.94. The van der Waals surface area contributed by atoms with E-state index in [1.165, 1.54) is 32.1 Å². The molecule has 0 saturated heterocycles. The largest absolute Gasteiger partial charge is 0.847 e. The minimum atomic E-state index is -0.966. The molecule has 0 aliphatic heterocycles. The molecule has 0 N–H and O–H groups in total. The highest BCUT2D eigenvalue weighted by atomic mass is 16.3. The molecule has 0 aromatic rings. The number of rotatable bonds is 4. The van der Waals surface area contributed by atoms with Crippen LogP contribution >= 0.6 is 0 Å². The number of hydrogen-bond acceptors (Lipinski definition) is 2. The zero-order valence-electron chi connectivity index (χ0n) is 7.50. The first-order valence-electron chi connectivity index (χ1n) is 4.94. The molecule has 1 unspecified atom stereocenters. The Morgan fingerprint density at radius 1 is 1.33 bits per heavy atom. The van der Waals surface area contributed by atoms with Crippen molar-refractivity contribution in [3.63, 3.8) is 0 Å². The van der Waals surface area contributed by atoms with Crippen LogP contribution in [0.15, 0.2) is 0 Å². The number of hydrogen-bond donors (Lipinski definition) is 0. The van der Waals surface area contributed by atoms with Crippen molar-refractivity contribution in [3.8, 4) is 0 Å². The van der Waals surface area contributed by atoms with E-state index in [9.17, 15) is 9.90 Å². The lowest BCUT2D eigenvalue weighted by atomic mass is 9.85. The molecule has 0 amide bonds. The molecule has 1 aliphatic rings. The second-order valence-electron chi connectivity index (χ2n) is 3.76. The van der Waals surface area contributed by atoms with Crippen LogP contribution in [0.2, 0.25) is 0 Å². The van der Waals surface area contributed by atoms with Gasteiger partial charge in [0, 0.05) is 0 Å². The van der Waals surface area contributed by atoms with Crippen LogP contribution in [0.5, 0.6) is 0 Å². The monoisotopic (exact) mass is 169 g/mol. The maximum absolute atomic E-state index is 10.8. The SMILES string of the molecule is O=CC([O-])CCC1CCCCC1. The Labute approximate surface area is 74.0 Å². The van der Waals surface area contributed by atoms with Crippen molar-refractivity contribution in [2.75, 3.05) is 0 Å². The molecule has 12 heavy (non-hydrogen) atoms. The Kier molecular flexibility index (Phi) is 4.30. The third-order valence-corrected chi connectivity index (χ3v) is 2.74. The van der Waals surface area contributed by atoms with E-state index in [1.807, 2.05) is 0 Å². The molecular weight excluding hydrogens is 152 g/mol. The molecule has 1 fully saturated rings. The Hall–Kier alpha value is -0.370. The standard InChI is InChI=1S/C10H17O2/c11-8-10(12)7-6-9-4-2-1-3-5-9/h8-10H,1-7H2/q-1. The lowest BCUT2D eigenvalue weighted by Crippen LogP contribution is -2.27. The normalized spacial score (nSPS) is 22.1. The van der Waals surface area contributed by atoms with Gasteiger partial charge >= 0.3 is 0 Å². The van der Waals surface area contributed by atoms with Crippen molar-refractivity contribution in [1.82, 2.24) is 0 Å². The average molecular weight is 169 g/mol. The summed E-state index contributed by atoms with van der Waals surface area (Å²) in [6.07, 6.45) is 7.60. The van der Waals surface area contributed by atoms with Gasteiger partial charge < -0.3 is 9.90 Å². The average Bonchev–Trinajstić information content (AvgIpc) is 2.16. The predicted octanol–water partition coefficient (Wildman–Crippen LogP) is 1.27. The van der Waals surface area contributed by atoms with E-state index in [0.29, 0.717) is 12.7 Å². The molecule has 0 radical (unpaired) electrons. The van der Waals surface area contributed by atoms with Crippen LogP contribution < -0.4 is 5.11 Å². The smallest absolute Gasteiger partial charge is 0.106 e. The van der Waals surface area contributed by atoms with Gasteiger partial charge in [-0.15, -0.1) is 0 Å². The summed E-state index contributed by atoms with van der Waals surface area (Å²) in [4.78, 5) is 10.1. The second-order valence-corrected chi connectivity index (χ2v) is 3.76. The van der Waals surface area contributed by atoms with Crippen LogP contribution in [0, 0.1) is 5.92 Å². The molecule has 0 spiro atoms. The van der Waals surface area contributed by atoms with E-state index in [4.69, 9.17) is 0 Å². The highest BCUT2D eigenvalue weighted by Gasteiger charge is 2.12. The van der Waals surface area contributed by atoms with Crippen LogP contribution in [0.25, 0.3) is 0 Å². The van der Waals surface area contributed by atoms with E-state index < -0.39 is 6.10 Å². The molecule has 2 nitrogen and oxygen atoms in total. The van der Waals surface area contributed by atoms with E-state index in [1.54, 1.807) is 0 Å². The summed E-state index contributed by atoms with van der Waals surface area (Å²) in [5, 5.41) is 10.8. The highest BCUT2D eigenvalue weighted by Crippen LogP contribution is 2.27. The summed E-state index contributed by atoms with van der Waals surface area (Å²) in [5.74, 6) is 0.732. The molecule has 0 aromatic heterocycles. The zero-order valence-corrected chi connectivity index (χ0v) is 7.50. The quantitative estimate of drug-likeness (QED) is 0.595. The van der Waals surface area contributed by atoms with Crippen LogP contribution in [0.4, 0.5) is 0 Å².